The fourth-order valence-electron chi connectivity index (χ4n) is 3.03. The van der Waals surface area contributed by atoms with Gasteiger partial charge in [0.15, 0.2) is 0 Å². The van der Waals surface area contributed by atoms with Gasteiger partial charge in [0.25, 0.3) is 0 Å². The average molecular weight is 387 g/mol. The Kier molecular flexibility index (Phi) is 5.47. The van der Waals surface area contributed by atoms with Gasteiger partial charge in [-0.25, -0.2) is 4.98 Å². The molecule has 0 fully saturated rings. The van der Waals surface area contributed by atoms with E-state index in [0.29, 0.717) is 18.1 Å². The molecule has 4 rings (SSSR count). The molecule has 0 saturated carbocycles. The number of nitrogens with zero attached hydrogens (tertiary/aromatic N) is 4. The molecule has 0 bridgehead atoms. The van der Waals surface area contributed by atoms with Crippen LogP contribution >= 0.6 is 0 Å². The molecule has 4 aromatic rings. The maximum atomic E-state index is 12.3. The molecule has 2 aromatic carbocycles. The number of amides is 1. The summed E-state index contributed by atoms with van der Waals surface area (Å²) in [6.45, 7) is 1.96. The second-order valence-corrected chi connectivity index (χ2v) is 6.73. The van der Waals surface area contributed by atoms with E-state index in [2.05, 4.69) is 20.4 Å². The molecule has 1 amide bonds. The van der Waals surface area contributed by atoms with Crippen LogP contribution in [-0.2, 0) is 11.2 Å². The number of benzene rings is 2. The lowest BCUT2D eigenvalue weighted by atomic mass is 10.1. The van der Waals surface area contributed by atoms with Gasteiger partial charge >= 0.3 is 0 Å². The molecular weight excluding hydrogens is 366 g/mol. The summed E-state index contributed by atoms with van der Waals surface area (Å²) in [4.78, 5) is 20.7. The number of rotatable bonds is 7. The molecule has 1 unspecified atom stereocenters. The van der Waals surface area contributed by atoms with Crippen LogP contribution in [0, 0.1) is 0 Å². The highest BCUT2D eigenvalue weighted by molar-refractivity contribution is 5.76. The molecular formula is C22H21N5O2. The number of imidazole rings is 1. The Morgan fingerprint density at radius 3 is 2.66 bits per heavy atom. The van der Waals surface area contributed by atoms with Crippen LogP contribution in [0.1, 0.15) is 30.8 Å². The fraction of sp³-hybridized carbons (Fsp3) is 0.182. The molecule has 0 radical (unpaired) electrons. The van der Waals surface area contributed by atoms with E-state index in [4.69, 9.17) is 4.52 Å². The topological polar surface area (TPSA) is 85.8 Å². The molecule has 0 aliphatic carbocycles. The molecule has 146 valence electrons. The first kappa shape index (κ1) is 18.6. The van der Waals surface area contributed by atoms with E-state index in [-0.39, 0.29) is 18.4 Å². The number of hydrogen-bond donors (Lipinski definition) is 1. The molecule has 7 heteroatoms. The maximum Gasteiger partial charge on any atom is 0.227 e. The van der Waals surface area contributed by atoms with Crippen molar-refractivity contribution in [2.24, 2.45) is 0 Å². The normalized spacial score (nSPS) is 11.9. The quantitative estimate of drug-likeness (QED) is 0.522. The highest BCUT2D eigenvalue weighted by Gasteiger charge is 2.13. The second kappa shape index (κ2) is 8.52. The molecule has 7 nitrogen and oxygen atoms in total. The summed E-state index contributed by atoms with van der Waals surface area (Å²) in [5, 5.41) is 6.99. The van der Waals surface area contributed by atoms with Crippen LogP contribution in [0.15, 0.2) is 77.8 Å². The fourth-order valence-corrected chi connectivity index (χ4v) is 3.03. The highest BCUT2D eigenvalue weighted by atomic mass is 16.5. The Morgan fingerprint density at radius 1 is 1.14 bits per heavy atom. The summed E-state index contributed by atoms with van der Waals surface area (Å²) >= 11 is 0. The zero-order chi connectivity index (χ0) is 20.1. The predicted octanol–water partition coefficient (Wildman–Crippen LogP) is 3.73. The molecule has 1 N–H and O–H groups in total. The minimum atomic E-state index is -0.0955. The monoisotopic (exact) mass is 387 g/mol. The minimum absolute atomic E-state index is 0.0596. The van der Waals surface area contributed by atoms with E-state index in [1.807, 2.05) is 72.3 Å². The Labute approximate surface area is 168 Å². The van der Waals surface area contributed by atoms with Gasteiger partial charge < -0.3 is 14.4 Å². The highest BCUT2D eigenvalue weighted by Crippen LogP contribution is 2.17. The van der Waals surface area contributed by atoms with E-state index in [0.717, 1.165) is 16.8 Å². The van der Waals surface area contributed by atoms with Crippen molar-refractivity contribution in [2.45, 2.75) is 25.8 Å². The van der Waals surface area contributed by atoms with Gasteiger partial charge in [-0.15, -0.1) is 0 Å². The predicted molar refractivity (Wildman–Crippen MR) is 108 cm³/mol. The third kappa shape index (κ3) is 4.57. The van der Waals surface area contributed by atoms with Crippen molar-refractivity contribution < 1.29 is 9.32 Å². The molecule has 0 aliphatic heterocycles. The van der Waals surface area contributed by atoms with Crippen molar-refractivity contribution in [1.82, 2.24) is 25.0 Å². The first-order valence-electron chi connectivity index (χ1n) is 9.45. The number of carbonyl (C=O) groups is 1. The summed E-state index contributed by atoms with van der Waals surface area (Å²) in [7, 11) is 0. The molecule has 2 heterocycles. The second-order valence-electron chi connectivity index (χ2n) is 6.73. The summed E-state index contributed by atoms with van der Waals surface area (Å²) in [6.07, 6.45) is 6.07. The molecule has 29 heavy (non-hydrogen) atoms. The lowest BCUT2D eigenvalue weighted by molar-refractivity contribution is -0.121. The van der Waals surface area contributed by atoms with Crippen molar-refractivity contribution in [3.05, 3.63) is 84.8 Å². The van der Waals surface area contributed by atoms with Gasteiger partial charge in [0.2, 0.25) is 17.6 Å². The largest absolute Gasteiger partial charge is 0.350 e. The Hall–Kier alpha value is -3.74. The first-order chi connectivity index (χ1) is 14.2. The standard InChI is InChI=1S/C22H21N5O2/c1-16(17-7-9-19(10-8-17)27-14-13-23-15-27)24-20(28)11-12-21-25-22(26-29-21)18-5-3-2-4-6-18/h2-10,13-16H,11-12H2,1H3,(H,24,28). The van der Waals surface area contributed by atoms with E-state index in [1.165, 1.54) is 0 Å². The number of hydrogen-bond acceptors (Lipinski definition) is 5. The van der Waals surface area contributed by atoms with Gasteiger partial charge in [-0.2, -0.15) is 4.98 Å². The lowest BCUT2D eigenvalue weighted by Crippen LogP contribution is -2.26. The van der Waals surface area contributed by atoms with Crippen molar-refractivity contribution in [3.63, 3.8) is 0 Å². The van der Waals surface area contributed by atoms with E-state index in [1.54, 1.807) is 12.5 Å². The maximum absolute atomic E-state index is 12.3. The Balaban J connectivity index is 1.30. The van der Waals surface area contributed by atoms with Crippen molar-refractivity contribution in [2.75, 3.05) is 0 Å². The van der Waals surface area contributed by atoms with Crippen LogP contribution in [0.3, 0.4) is 0 Å². The molecule has 0 aliphatic rings. The van der Waals surface area contributed by atoms with Crippen LogP contribution < -0.4 is 5.32 Å². The SMILES string of the molecule is CC(NC(=O)CCc1nc(-c2ccccc2)no1)c1ccc(-n2ccnc2)cc1. The summed E-state index contributed by atoms with van der Waals surface area (Å²) in [5.41, 5.74) is 2.95. The third-order valence-electron chi connectivity index (χ3n) is 4.64. The molecule has 2 aromatic heterocycles. The summed E-state index contributed by atoms with van der Waals surface area (Å²) in [6, 6.07) is 17.5. The van der Waals surface area contributed by atoms with E-state index >= 15 is 0 Å². The van der Waals surface area contributed by atoms with Crippen LogP contribution in [0.4, 0.5) is 0 Å². The van der Waals surface area contributed by atoms with Crippen LogP contribution in [0.2, 0.25) is 0 Å². The third-order valence-corrected chi connectivity index (χ3v) is 4.64. The van der Waals surface area contributed by atoms with Gasteiger partial charge in [-0.05, 0) is 24.6 Å². The van der Waals surface area contributed by atoms with Gasteiger partial charge in [0.05, 0.1) is 12.4 Å². The molecule has 0 spiro atoms. The number of nitrogens with one attached hydrogen (secondary N) is 1. The van der Waals surface area contributed by atoms with Gasteiger partial charge in [-0.1, -0.05) is 47.6 Å². The van der Waals surface area contributed by atoms with E-state index in [9.17, 15) is 4.79 Å². The molecule has 0 saturated heterocycles. The number of aromatic nitrogens is 4. The van der Waals surface area contributed by atoms with E-state index < -0.39 is 0 Å². The van der Waals surface area contributed by atoms with Crippen LogP contribution in [-0.4, -0.2) is 25.6 Å². The van der Waals surface area contributed by atoms with Gasteiger partial charge in [-0.3, -0.25) is 4.79 Å². The smallest absolute Gasteiger partial charge is 0.227 e. The summed E-state index contributed by atoms with van der Waals surface area (Å²) < 4.78 is 7.19. The van der Waals surface area contributed by atoms with Gasteiger partial charge in [0.1, 0.15) is 0 Å². The van der Waals surface area contributed by atoms with Gasteiger partial charge in [0, 0.05) is 36.5 Å². The van der Waals surface area contributed by atoms with Crippen molar-refractivity contribution >= 4 is 5.91 Å². The lowest BCUT2D eigenvalue weighted by Gasteiger charge is -2.14. The number of aryl methyl sites for hydroxylation is 1. The Morgan fingerprint density at radius 2 is 1.93 bits per heavy atom. The van der Waals surface area contributed by atoms with Crippen molar-refractivity contribution in [1.29, 1.82) is 0 Å². The molecule has 1 atom stereocenters. The zero-order valence-electron chi connectivity index (χ0n) is 16.0. The zero-order valence-corrected chi connectivity index (χ0v) is 16.0. The average Bonchev–Trinajstić information content (AvgIpc) is 3.45. The minimum Gasteiger partial charge on any atom is -0.350 e. The Bertz CT molecular complexity index is 1060. The summed E-state index contributed by atoms with van der Waals surface area (Å²) in [5.74, 6) is 0.930. The number of carbonyl (C=O) groups excluding carboxylic acids is 1. The van der Waals surface area contributed by atoms with Crippen LogP contribution in [0.25, 0.3) is 17.1 Å². The van der Waals surface area contributed by atoms with Crippen LogP contribution in [0.5, 0.6) is 0 Å². The van der Waals surface area contributed by atoms with Crippen molar-refractivity contribution in [3.8, 4) is 17.1 Å². The first-order valence-corrected chi connectivity index (χ1v) is 9.45.